The van der Waals surface area contributed by atoms with Crippen molar-refractivity contribution in [3.05, 3.63) is 0 Å². The fraction of sp³-hybridized carbons (Fsp3) is 1.00. The second kappa shape index (κ2) is 3.58. The average Bonchev–Trinajstić information content (AvgIpc) is 2.14. The highest BCUT2D eigenvalue weighted by Gasteiger charge is 2.42. The van der Waals surface area contributed by atoms with Crippen LogP contribution in [-0.4, -0.2) is 25.3 Å². The molecule has 2 fully saturated rings. The third-order valence-corrected chi connectivity index (χ3v) is 3.78. The maximum Gasteiger partial charge on any atom is 0.0834 e. The molecule has 1 N–H and O–H groups in total. The largest absolute Gasteiger partial charge is 0.372 e. The van der Waals surface area contributed by atoms with Gasteiger partial charge < -0.3 is 10.1 Å². The van der Waals surface area contributed by atoms with E-state index in [4.69, 9.17) is 4.74 Å². The fourth-order valence-corrected chi connectivity index (χ4v) is 2.82. The highest BCUT2D eigenvalue weighted by molar-refractivity contribution is 4.95. The van der Waals surface area contributed by atoms with E-state index in [2.05, 4.69) is 19.2 Å². The molecule has 1 aliphatic heterocycles. The molecular weight excluding hydrogens is 162 g/mol. The van der Waals surface area contributed by atoms with Gasteiger partial charge in [0.15, 0.2) is 0 Å². The molecule has 2 aliphatic rings. The molecule has 1 aliphatic carbocycles. The van der Waals surface area contributed by atoms with Gasteiger partial charge in [0.1, 0.15) is 0 Å². The molecular formula is C11H21NO. The zero-order valence-corrected chi connectivity index (χ0v) is 8.81. The lowest BCUT2D eigenvalue weighted by Crippen LogP contribution is -2.56. The van der Waals surface area contributed by atoms with Gasteiger partial charge in [-0.1, -0.05) is 20.3 Å². The highest BCUT2D eigenvalue weighted by Crippen LogP contribution is 2.39. The Balaban J connectivity index is 2.07. The minimum atomic E-state index is 0.177. The number of ether oxygens (including phenoxy) is 1. The fourth-order valence-electron chi connectivity index (χ4n) is 2.82. The van der Waals surface area contributed by atoms with Gasteiger partial charge in [-0.25, -0.2) is 0 Å². The summed E-state index contributed by atoms with van der Waals surface area (Å²) in [6.45, 7) is 7.70. The van der Waals surface area contributed by atoms with Crippen molar-refractivity contribution in [1.82, 2.24) is 5.32 Å². The van der Waals surface area contributed by atoms with Crippen LogP contribution in [0.15, 0.2) is 0 Å². The Hall–Kier alpha value is -0.0800. The van der Waals surface area contributed by atoms with Crippen molar-refractivity contribution in [1.29, 1.82) is 0 Å². The summed E-state index contributed by atoms with van der Waals surface area (Å²) in [5.41, 5.74) is 0.177. The Morgan fingerprint density at radius 1 is 1.31 bits per heavy atom. The summed E-state index contributed by atoms with van der Waals surface area (Å²) in [7, 11) is 0. The van der Waals surface area contributed by atoms with Crippen LogP contribution in [0.5, 0.6) is 0 Å². The summed E-state index contributed by atoms with van der Waals surface area (Å²) in [5, 5.41) is 3.47. The number of hydrogen-bond donors (Lipinski definition) is 1. The van der Waals surface area contributed by atoms with Crippen molar-refractivity contribution in [3.63, 3.8) is 0 Å². The smallest absolute Gasteiger partial charge is 0.0834 e. The van der Waals surface area contributed by atoms with Gasteiger partial charge in [-0.2, -0.15) is 0 Å². The molecule has 0 radical (unpaired) electrons. The van der Waals surface area contributed by atoms with E-state index in [1.807, 2.05) is 0 Å². The van der Waals surface area contributed by atoms with Crippen LogP contribution in [0.4, 0.5) is 0 Å². The van der Waals surface area contributed by atoms with E-state index in [1.165, 1.54) is 19.3 Å². The molecule has 76 valence electrons. The van der Waals surface area contributed by atoms with Gasteiger partial charge in [-0.15, -0.1) is 0 Å². The lowest BCUT2D eigenvalue weighted by molar-refractivity contribution is -0.129. The molecule has 13 heavy (non-hydrogen) atoms. The first-order valence-corrected chi connectivity index (χ1v) is 5.58. The van der Waals surface area contributed by atoms with Crippen LogP contribution in [0.1, 0.15) is 33.1 Å². The van der Waals surface area contributed by atoms with Crippen molar-refractivity contribution in [2.75, 3.05) is 19.7 Å². The topological polar surface area (TPSA) is 21.3 Å². The van der Waals surface area contributed by atoms with Crippen molar-refractivity contribution >= 4 is 0 Å². The summed E-state index contributed by atoms with van der Waals surface area (Å²) >= 11 is 0. The molecule has 1 saturated carbocycles. The molecule has 2 rings (SSSR count). The van der Waals surface area contributed by atoms with Gasteiger partial charge in [-0.3, -0.25) is 0 Å². The van der Waals surface area contributed by atoms with Gasteiger partial charge in [0, 0.05) is 13.1 Å². The molecule has 3 unspecified atom stereocenters. The first-order chi connectivity index (χ1) is 6.23. The van der Waals surface area contributed by atoms with Crippen LogP contribution in [0, 0.1) is 11.8 Å². The van der Waals surface area contributed by atoms with Gasteiger partial charge in [0.25, 0.3) is 0 Å². The lowest BCUT2D eigenvalue weighted by atomic mass is 9.71. The molecule has 0 bridgehead atoms. The number of nitrogens with one attached hydrogen (secondary N) is 1. The van der Waals surface area contributed by atoms with Crippen LogP contribution in [-0.2, 0) is 4.74 Å². The summed E-state index contributed by atoms with van der Waals surface area (Å²) in [6.07, 6.45) is 3.97. The van der Waals surface area contributed by atoms with Crippen molar-refractivity contribution in [3.8, 4) is 0 Å². The van der Waals surface area contributed by atoms with Crippen molar-refractivity contribution < 1.29 is 4.74 Å². The third-order valence-electron chi connectivity index (χ3n) is 3.78. The first kappa shape index (κ1) is 9.47. The molecule has 2 heteroatoms. The lowest BCUT2D eigenvalue weighted by Gasteiger charge is -2.47. The van der Waals surface area contributed by atoms with Gasteiger partial charge in [0.05, 0.1) is 12.2 Å². The molecule has 1 spiro atoms. The Kier molecular flexibility index (Phi) is 2.61. The van der Waals surface area contributed by atoms with Crippen LogP contribution in [0.25, 0.3) is 0 Å². The van der Waals surface area contributed by atoms with Crippen molar-refractivity contribution in [2.24, 2.45) is 11.8 Å². The first-order valence-electron chi connectivity index (χ1n) is 5.58. The van der Waals surface area contributed by atoms with E-state index in [1.54, 1.807) is 0 Å². The maximum absolute atomic E-state index is 6.03. The number of hydrogen-bond acceptors (Lipinski definition) is 2. The van der Waals surface area contributed by atoms with Gasteiger partial charge in [0.2, 0.25) is 0 Å². The van der Waals surface area contributed by atoms with Crippen LogP contribution < -0.4 is 5.32 Å². The van der Waals surface area contributed by atoms with E-state index in [0.29, 0.717) is 0 Å². The Morgan fingerprint density at radius 2 is 2.15 bits per heavy atom. The van der Waals surface area contributed by atoms with Gasteiger partial charge >= 0.3 is 0 Å². The predicted molar refractivity (Wildman–Crippen MR) is 53.7 cm³/mol. The van der Waals surface area contributed by atoms with E-state index in [-0.39, 0.29) is 5.60 Å². The van der Waals surface area contributed by atoms with Gasteiger partial charge in [-0.05, 0) is 24.7 Å². The SMILES string of the molecule is CC1CCC(C)C2(CNCCO2)C1. The number of morpholine rings is 1. The third kappa shape index (κ3) is 1.75. The Morgan fingerprint density at radius 3 is 2.85 bits per heavy atom. The second-order valence-electron chi connectivity index (χ2n) is 4.88. The normalized spacial score (nSPS) is 46.6. The summed E-state index contributed by atoms with van der Waals surface area (Å²) in [6, 6.07) is 0. The van der Waals surface area contributed by atoms with E-state index >= 15 is 0 Å². The van der Waals surface area contributed by atoms with E-state index in [0.717, 1.165) is 31.5 Å². The van der Waals surface area contributed by atoms with Crippen molar-refractivity contribution in [2.45, 2.75) is 38.7 Å². The standard InChI is InChI=1S/C11H21NO/c1-9-3-4-10(2)11(7-9)8-12-5-6-13-11/h9-10,12H,3-8H2,1-2H3. The van der Waals surface area contributed by atoms with E-state index in [9.17, 15) is 0 Å². The molecule has 1 heterocycles. The Bertz CT molecular complexity index is 175. The molecule has 3 atom stereocenters. The summed E-state index contributed by atoms with van der Waals surface area (Å²) in [4.78, 5) is 0. The average molecular weight is 183 g/mol. The zero-order chi connectivity index (χ0) is 9.31. The quantitative estimate of drug-likeness (QED) is 0.618. The summed E-state index contributed by atoms with van der Waals surface area (Å²) < 4.78 is 6.03. The molecule has 0 amide bonds. The van der Waals surface area contributed by atoms with E-state index < -0.39 is 0 Å². The summed E-state index contributed by atoms with van der Waals surface area (Å²) in [5.74, 6) is 1.58. The highest BCUT2D eigenvalue weighted by atomic mass is 16.5. The zero-order valence-electron chi connectivity index (χ0n) is 8.81. The molecule has 2 nitrogen and oxygen atoms in total. The molecule has 0 aromatic rings. The molecule has 1 saturated heterocycles. The Labute approximate surface area is 81.0 Å². The molecule has 0 aromatic heterocycles. The number of rotatable bonds is 0. The van der Waals surface area contributed by atoms with Crippen LogP contribution in [0.2, 0.25) is 0 Å². The predicted octanol–water partition coefficient (Wildman–Crippen LogP) is 1.80. The minimum absolute atomic E-state index is 0.177. The maximum atomic E-state index is 6.03. The molecule has 0 aromatic carbocycles. The van der Waals surface area contributed by atoms with Crippen LogP contribution >= 0.6 is 0 Å². The minimum Gasteiger partial charge on any atom is -0.372 e. The monoisotopic (exact) mass is 183 g/mol. The van der Waals surface area contributed by atoms with Crippen LogP contribution in [0.3, 0.4) is 0 Å². The second-order valence-corrected chi connectivity index (χ2v) is 4.88.